The Morgan fingerprint density at radius 2 is 0.760 bits per heavy atom. The topological polar surface area (TPSA) is 130 Å². The number of ketones is 3. The van der Waals surface area contributed by atoms with Crippen molar-refractivity contribution in [3.8, 4) is 0 Å². The molecule has 0 fully saturated rings. The zero-order valence-electron chi connectivity index (χ0n) is 14.4. The Morgan fingerprint density at radius 1 is 0.520 bits per heavy atom. The van der Waals surface area contributed by atoms with Crippen molar-refractivity contribution in [2.24, 2.45) is 0 Å². The van der Waals surface area contributed by atoms with E-state index in [4.69, 9.17) is 8.44 Å². The summed E-state index contributed by atoms with van der Waals surface area (Å²) in [6.07, 6.45) is -0.821. The summed E-state index contributed by atoms with van der Waals surface area (Å²) in [4.78, 5) is 67.5. The van der Waals surface area contributed by atoms with Crippen molar-refractivity contribution < 1.29 is 37.2 Å². The van der Waals surface area contributed by atoms with Gasteiger partial charge in [-0.15, -0.1) is 0 Å². The Kier molecular flexibility index (Phi) is 11.8. The fraction of sp³-hybridized carbons (Fsp3) is 0.600. The van der Waals surface area contributed by atoms with Gasteiger partial charge in [-0.3, -0.25) is 0 Å². The second kappa shape index (κ2) is 12.6. The first-order valence-electron chi connectivity index (χ1n) is 7.51. The van der Waals surface area contributed by atoms with Crippen LogP contribution in [0.4, 0.5) is 0 Å². The fourth-order valence-electron chi connectivity index (χ4n) is 1.28. The van der Waals surface area contributed by atoms with E-state index in [9.17, 15) is 28.8 Å². The van der Waals surface area contributed by atoms with Crippen LogP contribution in [0.1, 0.15) is 59.3 Å². The second-order valence-corrected chi connectivity index (χ2v) is 9.09. The molecule has 0 heterocycles. The SMILES string of the molecule is CC(=O)CCC(=O)[O][Bi]([O]C(=O)CCC(C)=O)[O]C(=O)CCC(C)=O. The summed E-state index contributed by atoms with van der Waals surface area (Å²) < 4.78 is 14.7. The van der Waals surface area contributed by atoms with Crippen LogP contribution in [0, 0.1) is 0 Å². The van der Waals surface area contributed by atoms with E-state index in [1.807, 2.05) is 0 Å². The zero-order valence-corrected chi connectivity index (χ0v) is 17.8. The van der Waals surface area contributed by atoms with Crippen LogP contribution >= 0.6 is 0 Å². The van der Waals surface area contributed by atoms with Crippen molar-refractivity contribution in [2.75, 3.05) is 0 Å². The van der Waals surface area contributed by atoms with E-state index in [-0.39, 0.29) is 55.9 Å². The number of Topliss-reactive ketones (excluding diaryl/α,β-unsaturated/α-hetero) is 3. The summed E-state index contributed by atoms with van der Waals surface area (Å²) in [6, 6.07) is 0. The Labute approximate surface area is 154 Å². The van der Waals surface area contributed by atoms with Crippen molar-refractivity contribution in [3.63, 3.8) is 0 Å². The van der Waals surface area contributed by atoms with Gasteiger partial charge in [-0.25, -0.2) is 0 Å². The van der Waals surface area contributed by atoms with Gasteiger partial charge in [0.1, 0.15) is 0 Å². The van der Waals surface area contributed by atoms with Crippen LogP contribution in [0.5, 0.6) is 0 Å². The number of rotatable bonds is 12. The standard InChI is InChI=1S/3C5H8O3.Bi/c3*1-4(6)2-3-5(7)8;/h3*2-3H2,1H3,(H,7,8);/q;;;+3/p-3. The molecule has 0 aromatic rings. The van der Waals surface area contributed by atoms with Crippen LogP contribution in [-0.4, -0.2) is 58.3 Å². The molecule has 0 aliphatic rings. The molecule has 0 rings (SSSR count). The minimum atomic E-state index is -4.20. The molecule has 0 N–H and O–H groups in total. The minimum absolute atomic E-state index is 0.0486. The predicted molar refractivity (Wildman–Crippen MR) is 83.8 cm³/mol. The normalized spacial score (nSPS) is 10.1. The molecule has 9 nitrogen and oxygen atoms in total. The molecule has 0 aliphatic carbocycles. The van der Waals surface area contributed by atoms with Gasteiger partial charge < -0.3 is 0 Å². The Bertz CT molecular complexity index is 465. The molecule has 0 aromatic heterocycles. The fourth-order valence-corrected chi connectivity index (χ4v) is 4.71. The van der Waals surface area contributed by atoms with Crippen molar-refractivity contribution in [2.45, 2.75) is 59.3 Å². The van der Waals surface area contributed by atoms with Gasteiger partial charge in [0.25, 0.3) is 0 Å². The number of hydrogen-bond acceptors (Lipinski definition) is 9. The molecular weight excluding hydrogens is 533 g/mol. The van der Waals surface area contributed by atoms with Gasteiger partial charge in [0.15, 0.2) is 0 Å². The van der Waals surface area contributed by atoms with Gasteiger partial charge in [-0.2, -0.15) is 0 Å². The first-order chi connectivity index (χ1) is 11.6. The number of hydrogen-bond donors (Lipinski definition) is 0. The monoisotopic (exact) mass is 554 g/mol. The van der Waals surface area contributed by atoms with Crippen molar-refractivity contribution >= 4 is 58.3 Å². The first kappa shape index (κ1) is 23.3. The maximum absolute atomic E-state index is 11.6. The molecule has 25 heavy (non-hydrogen) atoms. The molecule has 0 unspecified atom stereocenters. The molecule has 0 radical (unpaired) electrons. The summed E-state index contributed by atoms with van der Waals surface area (Å²) in [6.45, 7) is 3.91. The summed E-state index contributed by atoms with van der Waals surface area (Å²) in [5.74, 6) is -3.11. The summed E-state index contributed by atoms with van der Waals surface area (Å²) >= 11 is -4.20. The van der Waals surface area contributed by atoms with Crippen LogP contribution < -0.4 is 0 Å². The quantitative estimate of drug-likeness (QED) is 0.320. The summed E-state index contributed by atoms with van der Waals surface area (Å²) in [5.41, 5.74) is 0. The molecule has 0 amide bonds. The van der Waals surface area contributed by atoms with Crippen molar-refractivity contribution in [1.29, 1.82) is 0 Å². The molecule has 0 saturated carbocycles. The second-order valence-electron chi connectivity index (χ2n) is 5.22. The molecule has 10 heteroatoms. The van der Waals surface area contributed by atoms with E-state index < -0.39 is 41.0 Å². The van der Waals surface area contributed by atoms with Crippen LogP contribution in [0.25, 0.3) is 0 Å². The summed E-state index contributed by atoms with van der Waals surface area (Å²) in [7, 11) is 0. The molecule has 0 aromatic carbocycles. The molecule has 140 valence electrons. The van der Waals surface area contributed by atoms with Crippen LogP contribution in [-0.2, 0) is 37.2 Å². The van der Waals surface area contributed by atoms with Crippen LogP contribution in [0.15, 0.2) is 0 Å². The van der Waals surface area contributed by atoms with Gasteiger partial charge in [0.05, 0.1) is 0 Å². The molecular formula is C15H21BiO9. The molecule has 0 aliphatic heterocycles. The van der Waals surface area contributed by atoms with Gasteiger partial charge in [0, 0.05) is 0 Å². The third-order valence-corrected chi connectivity index (χ3v) is 6.69. The van der Waals surface area contributed by atoms with Gasteiger partial charge in [-0.1, -0.05) is 0 Å². The first-order valence-corrected chi connectivity index (χ1v) is 11.8. The van der Waals surface area contributed by atoms with Gasteiger partial charge in [-0.05, 0) is 0 Å². The molecule has 0 spiro atoms. The van der Waals surface area contributed by atoms with Gasteiger partial charge >= 0.3 is 155 Å². The van der Waals surface area contributed by atoms with Crippen LogP contribution in [0.2, 0.25) is 0 Å². The Morgan fingerprint density at radius 3 is 0.960 bits per heavy atom. The molecule has 0 bridgehead atoms. The molecule has 0 saturated heterocycles. The van der Waals surface area contributed by atoms with Crippen molar-refractivity contribution in [1.82, 2.24) is 0 Å². The van der Waals surface area contributed by atoms with E-state index in [1.54, 1.807) is 0 Å². The Hall–Kier alpha value is -1.70. The number of carbonyl (C=O) groups excluding carboxylic acids is 6. The Balaban J connectivity index is 4.67. The van der Waals surface area contributed by atoms with E-state index in [2.05, 4.69) is 0 Å². The maximum atomic E-state index is 11.6. The van der Waals surface area contributed by atoms with E-state index in [0.29, 0.717) is 0 Å². The number of carbonyl (C=O) groups is 6. The average molecular weight is 554 g/mol. The third kappa shape index (κ3) is 14.4. The van der Waals surface area contributed by atoms with Crippen LogP contribution in [0.3, 0.4) is 0 Å². The van der Waals surface area contributed by atoms with E-state index in [1.165, 1.54) is 20.8 Å². The third-order valence-electron chi connectivity index (χ3n) is 2.57. The average Bonchev–Trinajstić information content (AvgIpc) is 2.48. The van der Waals surface area contributed by atoms with E-state index in [0.717, 1.165) is 0 Å². The molecule has 0 atom stereocenters. The van der Waals surface area contributed by atoms with Crippen molar-refractivity contribution in [3.05, 3.63) is 0 Å². The van der Waals surface area contributed by atoms with Gasteiger partial charge in [0.2, 0.25) is 0 Å². The van der Waals surface area contributed by atoms with E-state index >= 15 is 0 Å². The summed E-state index contributed by atoms with van der Waals surface area (Å²) in [5, 5.41) is 0. The predicted octanol–water partition coefficient (Wildman–Crippen LogP) is 0.708. The zero-order chi connectivity index (χ0) is 19.4.